The Labute approximate surface area is 209 Å². The van der Waals surface area contributed by atoms with Crippen LogP contribution < -0.4 is 10.1 Å². The highest BCUT2D eigenvalue weighted by molar-refractivity contribution is 6.30. The number of aliphatic hydroxyl groups is 1. The Balaban J connectivity index is 1.32. The molecule has 0 spiro atoms. The number of hydrogen-bond donors (Lipinski definition) is 2. The Hall–Kier alpha value is -2.65. The van der Waals surface area contributed by atoms with E-state index in [9.17, 15) is 14.7 Å². The number of benzene rings is 1. The van der Waals surface area contributed by atoms with Gasteiger partial charge in [0.2, 0.25) is 11.8 Å². The number of nitrogens with zero attached hydrogens (tertiary/aromatic N) is 4. The number of nitrogens with one attached hydrogen (secondary N) is 1. The molecule has 1 saturated heterocycles. The third kappa shape index (κ3) is 5.02. The first-order chi connectivity index (χ1) is 16.6. The Morgan fingerprint density at radius 1 is 1.29 bits per heavy atom. The number of ether oxygens (including phenoxy) is 1. The van der Waals surface area contributed by atoms with Crippen LogP contribution in [0.2, 0.25) is 5.02 Å². The summed E-state index contributed by atoms with van der Waals surface area (Å²) in [6.07, 6.45) is 4.08. The smallest absolute Gasteiger partial charge is 0.248 e. The van der Waals surface area contributed by atoms with Gasteiger partial charge in [0.05, 0.1) is 17.8 Å². The van der Waals surface area contributed by atoms with Gasteiger partial charge < -0.3 is 20.1 Å². The third-order valence-corrected chi connectivity index (χ3v) is 7.22. The van der Waals surface area contributed by atoms with Crippen LogP contribution in [0.4, 0.5) is 0 Å². The SMILES string of the molecule is CC(C)(C)[C@@H](C(=O)N1CC(O)CC1C(=O)NC1COc2cc(Cl)ccc2C1)n1cc(C2CC2)nn1. The summed E-state index contributed by atoms with van der Waals surface area (Å²) in [7, 11) is 0. The van der Waals surface area contributed by atoms with Crippen LogP contribution in [-0.4, -0.2) is 68.2 Å². The summed E-state index contributed by atoms with van der Waals surface area (Å²) in [6.45, 7) is 6.34. The van der Waals surface area contributed by atoms with Crippen LogP contribution in [0.3, 0.4) is 0 Å². The van der Waals surface area contributed by atoms with Crippen LogP contribution in [-0.2, 0) is 16.0 Å². The summed E-state index contributed by atoms with van der Waals surface area (Å²) in [5.41, 5.74) is 1.40. The van der Waals surface area contributed by atoms with Crippen molar-refractivity contribution in [2.24, 2.45) is 5.41 Å². The molecule has 0 radical (unpaired) electrons. The molecule has 2 N–H and O–H groups in total. The second kappa shape index (κ2) is 9.09. The van der Waals surface area contributed by atoms with Crippen molar-refractivity contribution in [3.05, 3.63) is 40.7 Å². The fourth-order valence-electron chi connectivity index (χ4n) is 5.06. The zero-order valence-corrected chi connectivity index (χ0v) is 21.0. The maximum Gasteiger partial charge on any atom is 0.248 e. The maximum atomic E-state index is 13.8. The molecule has 3 unspecified atom stereocenters. The second-order valence-electron chi connectivity index (χ2n) is 11.0. The van der Waals surface area contributed by atoms with Crippen molar-refractivity contribution in [1.29, 1.82) is 0 Å². The second-order valence-corrected chi connectivity index (χ2v) is 11.5. The van der Waals surface area contributed by atoms with Crippen molar-refractivity contribution in [3.8, 4) is 5.75 Å². The van der Waals surface area contributed by atoms with E-state index in [1.807, 2.05) is 33.0 Å². The number of amides is 2. The summed E-state index contributed by atoms with van der Waals surface area (Å²) in [5, 5.41) is 22.6. The molecule has 1 aromatic heterocycles. The lowest BCUT2D eigenvalue weighted by Crippen LogP contribution is -2.53. The normalized spacial score (nSPS) is 25.1. The number of halogens is 1. The lowest BCUT2D eigenvalue weighted by molar-refractivity contribution is -0.144. The van der Waals surface area contributed by atoms with Crippen molar-refractivity contribution in [1.82, 2.24) is 25.2 Å². The number of fused-ring (bicyclic) bond motifs is 1. The number of aromatic nitrogens is 3. The largest absolute Gasteiger partial charge is 0.491 e. The van der Waals surface area contributed by atoms with Crippen molar-refractivity contribution in [3.63, 3.8) is 0 Å². The van der Waals surface area contributed by atoms with E-state index in [2.05, 4.69) is 15.6 Å². The van der Waals surface area contributed by atoms with Gasteiger partial charge in [-0.05, 0) is 42.4 Å². The molecular formula is C25H32ClN5O4. The fourth-order valence-corrected chi connectivity index (χ4v) is 5.22. The van der Waals surface area contributed by atoms with Gasteiger partial charge in [-0.3, -0.25) is 9.59 Å². The number of β-amino-alcohol motifs (C(OH)–C–C–N with tert-alkyl or cyclic N) is 1. The first kappa shape index (κ1) is 24.1. The van der Waals surface area contributed by atoms with Crippen molar-refractivity contribution in [2.75, 3.05) is 13.2 Å². The molecule has 188 valence electrons. The minimum absolute atomic E-state index is 0.107. The van der Waals surface area contributed by atoms with Crippen LogP contribution in [0.25, 0.3) is 0 Å². The van der Waals surface area contributed by atoms with E-state index in [-0.39, 0.29) is 30.8 Å². The van der Waals surface area contributed by atoms with Crippen LogP contribution in [0.1, 0.15) is 63.3 Å². The lowest BCUT2D eigenvalue weighted by atomic mass is 9.85. The van der Waals surface area contributed by atoms with Gasteiger partial charge in [-0.15, -0.1) is 5.10 Å². The van der Waals surface area contributed by atoms with Crippen LogP contribution in [0, 0.1) is 5.41 Å². The molecule has 5 rings (SSSR count). The van der Waals surface area contributed by atoms with Crippen LogP contribution >= 0.6 is 11.6 Å². The Morgan fingerprint density at radius 3 is 2.77 bits per heavy atom. The summed E-state index contributed by atoms with van der Waals surface area (Å²) in [5.74, 6) is 0.625. The third-order valence-electron chi connectivity index (χ3n) is 6.99. The van der Waals surface area contributed by atoms with Gasteiger partial charge in [-0.2, -0.15) is 0 Å². The standard InChI is InChI=1S/C25H32ClN5O4/c1-25(2,3)22(31-12-19(28-29-31)14-4-5-14)24(34)30-11-18(32)10-20(30)23(33)27-17-8-15-6-7-16(26)9-21(15)35-13-17/h6-7,9,12,14,17-18,20,22,32H,4-5,8,10-11,13H2,1-3H3,(H,27,33)/t17?,18?,20?,22-/m1/s1. The van der Waals surface area contributed by atoms with Crippen molar-refractivity contribution >= 4 is 23.4 Å². The summed E-state index contributed by atoms with van der Waals surface area (Å²) < 4.78 is 7.43. The minimum Gasteiger partial charge on any atom is -0.491 e. The molecule has 2 aromatic rings. The molecule has 2 aliphatic heterocycles. The molecule has 3 heterocycles. The van der Waals surface area contributed by atoms with E-state index < -0.39 is 23.6 Å². The number of carbonyl (C=O) groups is 2. The molecule has 35 heavy (non-hydrogen) atoms. The zero-order chi connectivity index (χ0) is 24.9. The zero-order valence-electron chi connectivity index (χ0n) is 20.3. The van der Waals surface area contributed by atoms with E-state index in [0.717, 1.165) is 29.8 Å². The molecule has 2 amide bonds. The highest BCUT2D eigenvalue weighted by Gasteiger charge is 2.46. The molecule has 10 heteroatoms. The highest BCUT2D eigenvalue weighted by Crippen LogP contribution is 2.40. The molecule has 9 nitrogen and oxygen atoms in total. The fraction of sp³-hybridized carbons (Fsp3) is 0.600. The number of rotatable bonds is 5. The van der Waals surface area contributed by atoms with E-state index in [0.29, 0.717) is 24.0 Å². The van der Waals surface area contributed by atoms with E-state index in [1.54, 1.807) is 16.8 Å². The summed E-state index contributed by atoms with van der Waals surface area (Å²) in [4.78, 5) is 28.7. The van der Waals surface area contributed by atoms with Crippen LogP contribution in [0.5, 0.6) is 5.75 Å². The predicted octanol–water partition coefficient (Wildman–Crippen LogP) is 2.48. The maximum absolute atomic E-state index is 13.8. The average molecular weight is 502 g/mol. The molecule has 1 aliphatic carbocycles. The topological polar surface area (TPSA) is 110 Å². The molecule has 4 atom stereocenters. The van der Waals surface area contributed by atoms with Gasteiger partial charge in [-0.25, -0.2) is 4.68 Å². The molecule has 1 aromatic carbocycles. The minimum atomic E-state index is -0.765. The van der Waals surface area contributed by atoms with Gasteiger partial charge >= 0.3 is 0 Å². The summed E-state index contributed by atoms with van der Waals surface area (Å²) in [6, 6.07) is 3.83. The number of likely N-dealkylation sites (tertiary alicyclic amines) is 1. The van der Waals surface area contributed by atoms with Gasteiger partial charge in [0.25, 0.3) is 0 Å². The van der Waals surface area contributed by atoms with Gasteiger partial charge in [0.15, 0.2) is 0 Å². The lowest BCUT2D eigenvalue weighted by Gasteiger charge is -2.35. The molecule has 2 fully saturated rings. The molecule has 1 saturated carbocycles. The van der Waals surface area contributed by atoms with Crippen molar-refractivity contribution < 1.29 is 19.4 Å². The molecular weight excluding hydrogens is 470 g/mol. The van der Waals surface area contributed by atoms with E-state index >= 15 is 0 Å². The first-order valence-corrected chi connectivity index (χ1v) is 12.6. The van der Waals surface area contributed by atoms with Gasteiger partial charge in [-0.1, -0.05) is 43.7 Å². The molecule has 0 bridgehead atoms. The predicted molar refractivity (Wildman–Crippen MR) is 129 cm³/mol. The Kier molecular flexibility index (Phi) is 6.25. The van der Waals surface area contributed by atoms with Crippen LogP contribution in [0.15, 0.2) is 24.4 Å². The quantitative estimate of drug-likeness (QED) is 0.651. The summed E-state index contributed by atoms with van der Waals surface area (Å²) >= 11 is 6.04. The van der Waals surface area contributed by atoms with E-state index in [1.165, 1.54) is 4.90 Å². The van der Waals surface area contributed by atoms with Gasteiger partial charge in [0, 0.05) is 30.1 Å². The van der Waals surface area contributed by atoms with Crippen molar-refractivity contribution in [2.45, 2.75) is 76.6 Å². The highest BCUT2D eigenvalue weighted by atomic mass is 35.5. The first-order valence-electron chi connectivity index (χ1n) is 12.2. The Bertz CT molecular complexity index is 1130. The van der Waals surface area contributed by atoms with E-state index in [4.69, 9.17) is 16.3 Å². The number of carbonyl (C=O) groups excluding carboxylic acids is 2. The van der Waals surface area contributed by atoms with Gasteiger partial charge in [0.1, 0.15) is 24.4 Å². The Morgan fingerprint density at radius 2 is 2.06 bits per heavy atom. The molecule has 3 aliphatic rings. The number of aliphatic hydroxyl groups excluding tert-OH is 1. The monoisotopic (exact) mass is 501 g/mol. The number of hydrogen-bond acceptors (Lipinski definition) is 6. The average Bonchev–Trinajstić information content (AvgIpc) is 3.40.